The molecule has 1 amide bonds. The summed E-state index contributed by atoms with van der Waals surface area (Å²) < 4.78 is 45.8. The number of aromatic nitrogens is 3. The van der Waals surface area contributed by atoms with Crippen LogP contribution in [0.4, 0.5) is 24.3 Å². The van der Waals surface area contributed by atoms with Crippen molar-refractivity contribution in [1.82, 2.24) is 20.3 Å². The van der Waals surface area contributed by atoms with E-state index in [4.69, 9.17) is 4.74 Å². The molecule has 0 aliphatic carbocycles. The number of fused-ring (bicyclic) bond motifs is 1. The van der Waals surface area contributed by atoms with E-state index in [1.54, 1.807) is 24.4 Å². The molecule has 0 saturated carbocycles. The van der Waals surface area contributed by atoms with Gasteiger partial charge >= 0.3 is 6.18 Å². The molecule has 1 fully saturated rings. The number of piperazine rings is 1. The molecule has 36 heavy (non-hydrogen) atoms. The lowest BCUT2D eigenvalue weighted by atomic mass is 10.0. The van der Waals surface area contributed by atoms with E-state index in [-0.39, 0.29) is 11.9 Å². The summed E-state index contributed by atoms with van der Waals surface area (Å²) in [6.45, 7) is 3.23. The predicted octanol–water partition coefficient (Wildman–Crippen LogP) is 5.01. The van der Waals surface area contributed by atoms with Gasteiger partial charge in [0.2, 0.25) is 17.7 Å². The molecule has 3 heterocycles. The second-order valence-corrected chi connectivity index (χ2v) is 9.19. The van der Waals surface area contributed by atoms with Crippen molar-refractivity contribution in [2.45, 2.75) is 19.1 Å². The smallest absolute Gasteiger partial charge is 0.416 e. The van der Waals surface area contributed by atoms with Crippen molar-refractivity contribution in [2.24, 2.45) is 0 Å². The van der Waals surface area contributed by atoms with Crippen molar-refractivity contribution in [1.29, 1.82) is 0 Å². The molecule has 1 saturated heterocycles. The minimum atomic E-state index is -4.38. The van der Waals surface area contributed by atoms with E-state index in [1.807, 2.05) is 11.0 Å². The highest BCUT2D eigenvalue weighted by atomic mass is 32.1. The summed E-state index contributed by atoms with van der Waals surface area (Å²) >= 11 is 1.34. The number of nitrogens with zero attached hydrogens (tertiary/aromatic N) is 4. The van der Waals surface area contributed by atoms with Crippen molar-refractivity contribution < 1.29 is 22.7 Å². The number of carbonyl (C=O) groups is 1. The molecule has 1 unspecified atom stereocenters. The molecule has 8 nitrogen and oxygen atoms in total. The summed E-state index contributed by atoms with van der Waals surface area (Å²) in [7, 11) is 0. The molecule has 0 bridgehead atoms. The third kappa shape index (κ3) is 5.24. The number of hydrogen-bond acceptors (Lipinski definition) is 8. The van der Waals surface area contributed by atoms with Crippen LogP contribution in [0.15, 0.2) is 54.7 Å². The summed E-state index contributed by atoms with van der Waals surface area (Å²) in [5.41, 5.74) is 0.783. The molecule has 0 spiro atoms. The number of hydrogen-bond donors (Lipinski definition) is 2. The van der Waals surface area contributed by atoms with Crippen LogP contribution in [0.1, 0.15) is 24.1 Å². The van der Waals surface area contributed by atoms with Crippen LogP contribution >= 0.6 is 11.3 Å². The van der Waals surface area contributed by atoms with Crippen LogP contribution in [0, 0.1) is 0 Å². The number of alkyl halides is 3. The first-order valence-corrected chi connectivity index (χ1v) is 11.9. The Bertz CT molecular complexity index is 1390. The maximum atomic E-state index is 13.0. The summed E-state index contributed by atoms with van der Waals surface area (Å²) in [4.78, 5) is 26.6. The Morgan fingerprint density at radius 1 is 1.17 bits per heavy atom. The number of benzene rings is 2. The van der Waals surface area contributed by atoms with Gasteiger partial charge in [-0.15, -0.1) is 0 Å². The Morgan fingerprint density at radius 2 is 1.97 bits per heavy atom. The number of anilines is 2. The topological polar surface area (TPSA) is 92.3 Å². The lowest BCUT2D eigenvalue weighted by molar-refractivity contribution is -0.137. The van der Waals surface area contributed by atoms with Crippen LogP contribution < -0.4 is 20.3 Å². The zero-order chi connectivity index (χ0) is 25.3. The average Bonchev–Trinajstić information content (AvgIpc) is 3.24. The van der Waals surface area contributed by atoms with E-state index in [9.17, 15) is 18.0 Å². The van der Waals surface area contributed by atoms with Crippen LogP contribution in [-0.4, -0.2) is 40.5 Å². The Balaban J connectivity index is 1.37. The third-order valence-corrected chi connectivity index (χ3v) is 6.54. The van der Waals surface area contributed by atoms with Crippen LogP contribution in [0.3, 0.4) is 0 Å². The molecule has 2 aromatic carbocycles. The first-order chi connectivity index (χ1) is 17.3. The van der Waals surface area contributed by atoms with E-state index in [2.05, 4.69) is 25.6 Å². The molecule has 12 heteroatoms. The van der Waals surface area contributed by atoms with Gasteiger partial charge in [0, 0.05) is 44.9 Å². The maximum Gasteiger partial charge on any atom is 0.416 e. The lowest BCUT2D eigenvalue weighted by Crippen LogP contribution is -2.46. The highest BCUT2D eigenvalue weighted by molar-refractivity contribution is 7.22. The summed E-state index contributed by atoms with van der Waals surface area (Å²) in [6.07, 6.45) is -2.80. The molecule has 4 aromatic rings. The summed E-state index contributed by atoms with van der Waals surface area (Å²) in [5.74, 6) is 1.10. The molecular weight excluding hydrogens is 493 g/mol. The van der Waals surface area contributed by atoms with Crippen molar-refractivity contribution in [2.75, 3.05) is 29.9 Å². The highest BCUT2D eigenvalue weighted by Gasteiger charge is 2.31. The highest BCUT2D eigenvalue weighted by Crippen LogP contribution is 2.34. The van der Waals surface area contributed by atoms with Crippen LogP contribution in [0.5, 0.6) is 11.6 Å². The van der Waals surface area contributed by atoms with Gasteiger partial charge < -0.3 is 20.3 Å². The van der Waals surface area contributed by atoms with Gasteiger partial charge in [-0.1, -0.05) is 23.5 Å². The second kappa shape index (κ2) is 9.70. The first kappa shape index (κ1) is 23.9. The fourth-order valence-electron chi connectivity index (χ4n) is 3.96. The van der Waals surface area contributed by atoms with Crippen LogP contribution in [-0.2, 0) is 11.0 Å². The van der Waals surface area contributed by atoms with E-state index >= 15 is 0 Å². The maximum absolute atomic E-state index is 13.0. The number of thiazole rings is 1. The fourth-order valence-corrected chi connectivity index (χ4v) is 4.90. The van der Waals surface area contributed by atoms with Crippen molar-refractivity contribution >= 4 is 38.5 Å². The minimum Gasteiger partial charge on any atom is -0.439 e. The summed E-state index contributed by atoms with van der Waals surface area (Å²) in [6, 6.07) is 11.9. The Morgan fingerprint density at radius 3 is 2.72 bits per heavy atom. The van der Waals surface area contributed by atoms with E-state index < -0.39 is 11.7 Å². The SMILES string of the molecule is CC(=O)Nc1nc2ccc(Oc3ccnc(N4CCNCC4c4ccc(C(F)(F)F)cc4)n3)cc2s1. The molecule has 0 radical (unpaired) electrons. The quantitative estimate of drug-likeness (QED) is 0.387. The van der Waals surface area contributed by atoms with Gasteiger partial charge in [0.05, 0.1) is 21.8 Å². The van der Waals surface area contributed by atoms with Crippen molar-refractivity contribution in [3.05, 3.63) is 65.9 Å². The zero-order valence-electron chi connectivity index (χ0n) is 19.0. The normalized spacial score (nSPS) is 16.2. The molecule has 2 aromatic heterocycles. The predicted molar refractivity (Wildman–Crippen MR) is 130 cm³/mol. The minimum absolute atomic E-state index is 0.193. The standard InChI is InChI=1S/C24H21F3N6O2S/c1-14(34)30-23-31-18-7-6-17(12-20(18)36-23)35-21-8-9-29-22(32-21)33-11-10-28-13-19(33)15-2-4-16(5-3-15)24(25,26)27/h2-9,12,19,28H,10-11,13H2,1H3,(H,30,31,34). The monoisotopic (exact) mass is 514 g/mol. The Labute approximate surface area is 208 Å². The molecule has 1 aliphatic rings. The van der Waals surface area contributed by atoms with Crippen molar-refractivity contribution in [3.8, 4) is 11.6 Å². The molecule has 1 aliphatic heterocycles. The number of halogens is 3. The second-order valence-electron chi connectivity index (χ2n) is 8.16. The third-order valence-electron chi connectivity index (χ3n) is 5.61. The van der Waals surface area contributed by atoms with Gasteiger partial charge in [-0.3, -0.25) is 4.79 Å². The van der Waals surface area contributed by atoms with E-state index in [0.717, 1.165) is 27.9 Å². The zero-order valence-corrected chi connectivity index (χ0v) is 19.9. The average molecular weight is 515 g/mol. The van der Waals surface area contributed by atoms with Crippen LogP contribution in [0.25, 0.3) is 10.2 Å². The Hall–Kier alpha value is -3.77. The van der Waals surface area contributed by atoms with Crippen molar-refractivity contribution in [3.63, 3.8) is 0 Å². The largest absolute Gasteiger partial charge is 0.439 e. The van der Waals surface area contributed by atoms with Gasteiger partial charge in [-0.2, -0.15) is 18.2 Å². The molecule has 2 N–H and O–H groups in total. The van der Waals surface area contributed by atoms with E-state index in [0.29, 0.717) is 42.3 Å². The van der Waals surface area contributed by atoms with Gasteiger partial charge in [-0.05, 0) is 29.8 Å². The van der Waals surface area contributed by atoms with Gasteiger partial charge in [-0.25, -0.2) is 9.97 Å². The van der Waals surface area contributed by atoms with Gasteiger partial charge in [0.1, 0.15) is 5.75 Å². The van der Waals surface area contributed by atoms with Crippen LogP contribution in [0.2, 0.25) is 0 Å². The molecule has 1 atom stereocenters. The fraction of sp³-hybridized carbons (Fsp3) is 0.250. The van der Waals surface area contributed by atoms with E-state index in [1.165, 1.54) is 30.4 Å². The van der Waals surface area contributed by atoms with Gasteiger partial charge in [0.25, 0.3) is 0 Å². The molecule has 186 valence electrons. The molecular formula is C24H21F3N6O2S. The number of nitrogens with one attached hydrogen (secondary N) is 2. The number of ether oxygens (including phenoxy) is 1. The summed E-state index contributed by atoms with van der Waals surface area (Å²) in [5, 5.41) is 6.46. The lowest BCUT2D eigenvalue weighted by Gasteiger charge is -2.36. The molecule has 5 rings (SSSR count). The Kier molecular flexibility index (Phi) is 6.46. The number of amides is 1. The van der Waals surface area contributed by atoms with Gasteiger partial charge in [0.15, 0.2) is 5.13 Å². The number of carbonyl (C=O) groups excluding carboxylic acids is 1. The number of rotatable bonds is 5. The first-order valence-electron chi connectivity index (χ1n) is 11.1.